The van der Waals surface area contributed by atoms with Crippen LogP contribution in [0.5, 0.6) is 0 Å². The predicted molar refractivity (Wildman–Crippen MR) is 57.6 cm³/mol. The van der Waals surface area contributed by atoms with Gasteiger partial charge in [-0.15, -0.1) is 6.58 Å². The van der Waals surface area contributed by atoms with Crippen LogP contribution in [-0.4, -0.2) is 48.1 Å². The van der Waals surface area contributed by atoms with E-state index in [0.29, 0.717) is 13.0 Å². The number of carboxylic acid groups (broad SMARTS) is 1. The highest BCUT2D eigenvalue weighted by Gasteiger charge is 2.14. The second-order valence-corrected chi connectivity index (χ2v) is 3.06. The highest BCUT2D eigenvalue weighted by molar-refractivity contribution is 5.81. The molecule has 0 saturated heterocycles. The molecule has 0 spiro atoms. The number of hydrogen-bond acceptors (Lipinski definition) is 3. The van der Waals surface area contributed by atoms with Crippen LogP contribution in [0.15, 0.2) is 12.7 Å². The molecule has 5 nitrogen and oxygen atoms in total. The monoisotopic (exact) mass is 214 g/mol. The van der Waals surface area contributed by atoms with Gasteiger partial charge in [0.15, 0.2) is 0 Å². The quantitative estimate of drug-likeness (QED) is 0.443. The van der Waals surface area contributed by atoms with Gasteiger partial charge >= 0.3 is 5.97 Å². The fraction of sp³-hybridized carbons (Fsp3) is 0.600. The number of carbonyl (C=O) groups is 2. The molecule has 2 N–H and O–H groups in total. The van der Waals surface area contributed by atoms with Crippen molar-refractivity contribution in [3.05, 3.63) is 12.7 Å². The summed E-state index contributed by atoms with van der Waals surface area (Å²) in [7, 11) is 0. The average molecular weight is 214 g/mol. The van der Waals surface area contributed by atoms with Gasteiger partial charge < -0.3 is 15.3 Å². The molecule has 0 atom stereocenters. The third kappa shape index (κ3) is 6.68. The predicted octanol–water partition coefficient (Wildman–Crippen LogP) is 0.0852. The number of aliphatic carboxylic acids is 1. The zero-order valence-corrected chi connectivity index (χ0v) is 9.03. The Labute approximate surface area is 89.8 Å². The molecule has 86 valence electrons. The number of carboxylic acids is 1. The van der Waals surface area contributed by atoms with Gasteiger partial charge in [-0.25, -0.2) is 0 Å². The molecule has 15 heavy (non-hydrogen) atoms. The Balaban J connectivity index is 4.03. The fourth-order valence-corrected chi connectivity index (χ4v) is 1.10. The van der Waals surface area contributed by atoms with E-state index in [0.717, 1.165) is 6.54 Å². The van der Waals surface area contributed by atoms with Gasteiger partial charge in [0, 0.05) is 19.5 Å². The number of amides is 1. The molecule has 0 fully saturated rings. The van der Waals surface area contributed by atoms with Crippen LogP contribution in [0.4, 0.5) is 0 Å². The highest BCUT2D eigenvalue weighted by atomic mass is 16.4. The minimum Gasteiger partial charge on any atom is -0.480 e. The van der Waals surface area contributed by atoms with Gasteiger partial charge in [-0.05, 0) is 6.54 Å². The van der Waals surface area contributed by atoms with Gasteiger partial charge in [0.05, 0.1) is 0 Å². The lowest BCUT2D eigenvalue weighted by Crippen LogP contribution is -2.37. The second kappa shape index (κ2) is 7.99. The average Bonchev–Trinajstić information content (AvgIpc) is 2.17. The third-order valence-electron chi connectivity index (χ3n) is 1.79. The summed E-state index contributed by atoms with van der Waals surface area (Å²) in [5.74, 6) is -1.17. The SMILES string of the molecule is C=CCN(CC(=O)O)C(=O)CCNCC. The molecule has 0 aliphatic heterocycles. The van der Waals surface area contributed by atoms with E-state index in [-0.39, 0.29) is 19.0 Å². The van der Waals surface area contributed by atoms with Crippen LogP contribution in [0.1, 0.15) is 13.3 Å². The first-order chi connectivity index (χ1) is 7.11. The maximum Gasteiger partial charge on any atom is 0.323 e. The molecule has 0 radical (unpaired) electrons. The van der Waals surface area contributed by atoms with Crippen molar-refractivity contribution in [2.45, 2.75) is 13.3 Å². The van der Waals surface area contributed by atoms with Gasteiger partial charge in [-0.1, -0.05) is 13.0 Å². The van der Waals surface area contributed by atoms with Crippen molar-refractivity contribution >= 4 is 11.9 Å². The largest absolute Gasteiger partial charge is 0.480 e. The summed E-state index contributed by atoms with van der Waals surface area (Å²) in [6, 6.07) is 0. The van der Waals surface area contributed by atoms with Crippen molar-refractivity contribution in [2.75, 3.05) is 26.2 Å². The molecule has 0 aromatic heterocycles. The first-order valence-electron chi connectivity index (χ1n) is 4.93. The van der Waals surface area contributed by atoms with Gasteiger partial charge in [-0.2, -0.15) is 0 Å². The number of nitrogens with one attached hydrogen (secondary N) is 1. The summed E-state index contributed by atoms with van der Waals surface area (Å²) in [4.78, 5) is 23.3. The van der Waals surface area contributed by atoms with E-state index >= 15 is 0 Å². The number of hydrogen-bond donors (Lipinski definition) is 2. The standard InChI is InChI=1S/C10H18N2O3/c1-3-7-12(8-10(14)15)9(13)5-6-11-4-2/h3,11H,1,4-8H2,2H3,(H,14,15). The molecular formula is C10H18N2O3. The van der Waals surface area contributed by atoms with Gasteiger partial charge in [0.25, 0.3) is 0 Å². The van der Waals surface area contributed by atoms with Crippen LogP contribution in [0.3, 0.4) is 0 Å². The first kappa shape index (κ1) is 13.6. The Hall–Kier alpha value is -1.36. The molecule has 0 aromatic carbocycles. The van der Waals surface area contributed by atoms with Crippen molar-refractivity contribution in [3.8, 4) is 0 Å². The van der Waals surface area contributed by atoms with Crippen LogP contribution in [0, 0.1) is 0 Å². The van der Waals surface area contributed by atoms with Crippen molar-refractivity contribution in [2.24, 2.45) is 0 Å². The molecule has 0 bridgehead atoms. The van der Waals surface area contributed by atoms with Crippen LogP contribution in [-0.2, 0) is 9.59 Å². The van der Waals surface area contributed by atoms with Crippen LogP contribution in [0.25, 0.3) is 0 Å². The minimum absolute atomic E-state index is 0.168. The van der Waals surface area contributed by atoms with Crippen LogP contribution < -0.4 is 5.32 Å². The Bertz CT molecular complexity index is 229. The summed E-state index contributed by atoms with van der Waals surface area (Å²) >= 11 is 0. The maximum atomic E-state index is 11.5. The molecule has 0 aliphatic rings. The van der Waals surface area contributed by atoms with Gasteiger partial charge in [0.1, 0.15) is 6.54 Å². The van der Waals surface area contributed by atoms with Crippen molar-refractivity contribution in [3.63, 3.8) is 0 Å². The molecule has 1 amide bonds. The molecule has 5 heteroatoms. The van der Waals surface area contributed by atoms with E-state index in [9.17, 15) is 9.59 Å². The minimum atomic E-state index is -1.01. The molecule has 0 unspecified atom stereocenters. The second-order valence-electron chi connectivity index (χ2n) is 3.06. The normalized spacial score (nSPS) is 9.67. The fourth-order valence-electron chi connectivity index (χ4n) is 1.10. The Morgan fingerprint density at radius 3 is 2.67 bits per heavy atom. The van der Waals surface area contributed by atoms with Crippen LogP contribution in [0.2, 0.25) is 0 Å². The smallest absolute Gasteiger partial charge is 0.323 e. The zero-order chi connectivity index (χ0) is 11.7. The highest BCUT2D eigenvalue weighted by Crippen LogP contribution is 1.94. The first-order valence-corrected chi connectivity index (χ1v) is 4.93. The lowest BCUT2D eigenvalue weighted by atomic mass is 10.3. The topological polar surface area (TPSA) is 69.6 Å². The maximum absolute atomic E-state index is 11.5. The van der Waals surface area contributed by atoms with E-state index in [2.05, 4.69) is 11.9 Å². The number of nitrogens with zero attached hydrogens (tertiary/aromatic N) is 1. The lowest BCUT2D eigenvalue weighted by molar-refractivity contribution is -0.144. The van der Waals surface area contributed by atoms with Crippen molar-refractivity contribution < 1.29 is 14.7 Å². The summed E-state index contributed by atoms with van der Waals surface area (Å²) in [6.45, 7) is 6.81. The van der Waals surface area contributed by atoms with E-state index in [1.807, 2.05) is 6.92 Å². The summed E-state index contributed by atoms with van der Waals surface area (Å²) in [5.41, 5.74) is 0. The van der Waals surface area contributed by atoms with Gasteiger partial charge in [-0.3, -0.25) is 9.59 Å². The number of carbonyl (C=O) groups excluding carboxylic acids is 1. The van der Waals surface area contributed by atoms with Crippen molar-refractivity contribution in [1.29, 1.82) is 0 Å². The van der Waals surface area contributed by atoms with Gasteiger partial charge in [0.2, 0.25) is 5.91 Å². The Morgan fingerprint density at radius 1 is 1.53 bits per heavy atom. The Morgan fingerprint density at radius 2 is 2.20 bits per heavy atom. The van der Waals surface area contributed by atoms with E-state index in [4.69, 9.17) is 5.11 Å². The molecule has 0 aromatic rings. The summed E-state index contributed by atoms with van der Waals surface area (Å²) in [6.07, 6.45) is 1.84. The van der Waals surface area contributed by atoms with E-state index in [1.54, 1.807) is 0 Å². The molecular weight excluding hydrogens is 196 g/mol. The zero-order valence-electron chi connectivity index (χ0n) is 9.03. The number of rotatable bonds is 8. The molecule has 0 heterocycles. The van der Waals surface area contributed by atoms with E-state index in [1.165, 1.54) is 11.0 Å². The Kier molecular flexibility index (Phi) is 7.27. The van der Waals surface area contributed by atoms with Crippen molar-refractivity contribution in [1.82, 2.24) is 10.2 Å². The molecule has 0 rings (SSSR count). The summed E-state index contributed by atoms with van der Waals surface area (Å²) in [5, 5.41) is 11.6. The summed E-state index contributed by atoms with van der Waals surface area (Å²) < 4.78 is 0. The van der Waals surface area contributed by atoms with E-state index < -0.39 is 5.97 Å². The van der Waals surface area contributed by atoms with Crippen LogP contribution >= 0.6 is 0 Å². The molecule has 0 aliphatic carbocycles. The third-order valence-corrected chi connectivity index (χ3v) is 1.79. The lowest BCUT2D eigenvalue weighted by Gasteiger charge is -2.18. The molecule has 0 saturated carbocycles.